The molecule has 1 saturated heterocycles. The molecule has 8 heteroatoms. The molecule has 3 rings (SSSR count). The molecule has 108 valence electrons. The molecule has 0 spiro atoms. The molecule has 2 aromatic rings. The molecular weight excluding hydrogens is 293 g/mol. The highest BCUT2D eigenvalue weighted by Crippen LogP contribution is 2.32. The Labute approximate surface area is 118 Å². The van der Waals surface area contributed by atoms with E-state index in [1.165, 1.54) is 16.6 Å². The SMILES string of the molecule is FC(F)(F)c1nc2ccc(Cl)nn2c1CN1CCCC1. The van der Waals surface area contributed by atoms with E-state index < -0.39 is 11.9 Å². The van der Waals surface area contributed by atoms with Gasteiger partial charge in [0.15, 0.2) is 11.3 Å². The lowest BCUT2D eigenvalue weighted by molar-refractivity contribution is -0.141. The molecule has 1 aliphatic rings. The second kappa shape index (κ2) is 4.89. The van der Waals surface area contributed by atoms with Crippen LogP contribution in [-0.4, -0.2) is 32.6 Å². The first-order chi connectivity index (χ1) is 9.45. The quantitative estimate of drug-likeness (QED) is 0.855. The largest absolute Gasteiger partial charge is 0.435 e. The second-order valence-electron chi connectivity index (χ2n) is 4.81. The van der Waals surface area contributed by atoms with E-state index >= 15 is 0 Å². The van der Waals surface area contributed by atoms with Crippen molar-refractivity contribution in [3.8, 4) is 0 Å². The maximum atomic E-state index is 13.1. The molecule has 1 fully saturated rings. The average molecular weight is 305 g/mol. The molecule has 0 unspecified atom stereocenters. The van der Waals surface area contributed by atoms with Crippen molar-refractivity contribution in [1.82, 2.24) is 19.5 Å². The number of likely N-dealkylation sites (tertiary alicyclic amines) is 1. The molecule has 20 heavy (non-hydrogen) atoms. The monoisotopic (exact) mass is 304 g/mol. The van der Waals surface area contributed by atoms with Gasteiger partial charge in [0, 0.05) is 6.54 Å². The van der Waals surface area contributed by atoms with E-state index in [-0.39, 0.29) is 23.0 Å². The Morgan fingerprint density at radius 1 is 1.20 bits per heavy atom. The van der Waals surface area contributed by atoms with Crippen LogP contribution in [0.5, 0.6) is 0 Å². The minimum Gasteiger partial charge on any atom is -0.297 e. The Morgan fingerprint density at radius 2 is 1.90 bits per heavy atom. The van der Waals surface area contributed by atoms with Gasteiger partial charge in [-0.25, -0.2) is 9.50 Å². The molecule has 0 N–H and O–H groups in total. The zero-order valence-corrected chi connectivity index (χ0v) is 11.2. The van der Waals surface area contributed by atoms with Crippen molar-refractivity contribution in [2.75, 3.05) is 13.1 Å². The highest BCUT2D eigenvalue weighted by molar-refractivity contribution is 6.29. The number of halogens is 4. The van der Waals surface area contributed by atoms with Crippen LogP contribution in [0.2, 0.25) is 5.15 Å². The van der Waals surface area contributed by atoms with Crippen LogP contribution in [0.4, 0.5) is 13.2 Å². The number of hydrogen-bond donors (Lipinski definition) is 0. The highest BCUT2D eigenvalue weighted by atomic mass is 35.5. The standard InChI is InChI=1S/C12H12ClF3N4/c13-9-3-4-10-17-11(12(14,15)16)8(20(10)18-9)7-19-5-1-2-6-19/h3-4H,1-2,5-7H2. The van der Waals surface area contributed by atoms with Crippen LogP contribution in [0.3, 0.4) is 0 Å². The predicted molar refractivity (Wildman–Crippen MR) is 67.5 cm³/mol. The zero-order chi connectivity index (χ0) is 14.3. The van der Waals surface area contributed by atoms with Gasteiger partial charge in [-0.3, -0.25) is 4.90 Å². The molecule has 0 bridgehead atoms. The van der Waals surface area contributed by atoms with E-state index in [1.807, 2.05) is 4.90 Å². The molecular formula is C12H12ClF3N4. The van der Waals surface area contributed by atoms with Crippen LogP contribution in [0, 0.1) is 0 Å². The first kappa shape index (κ1) is 13.6. The van der Waals surface area contributed by atoms with Gasteiger partial charge < -0.3 is 0 Å². The topological polar surface area (TPSA) is 33.4 Å². The van der Waals surface area contributed by atoms with Gasteiger partial charge in [0.1, 0.15) is 5.15 Å². The highest BCUT2D eigenvalue weighted by Gasteiger charge is 2.38. The fourth-order valence-corrected chi connectivity index (χ4v) is 2.62. The summed E-state index contributed by atoms with van der Waals surface area (Å²) in [6.45, 7) is 1.78. The molecule has 0 radical (unpaired) electrons. The Kier molecular flexibility index (Phi) is 3.33. The third-order valence-electron chi connectivity index (χ3n) is 3.38. The van der Waals surface area contributed by atoms with Crippen molar-refractivity contribution in [1.29, 1.82) is 0 Å². The van der Waals surface area contributed by atoms with E-state index in [0.717, 1.165) is 25.9 Å². The Hall–Kier alpha value is -1.34. The molecule has 0 aliphatic carbocycles. The zero-order valence-electron chi connectivity index (χ0n) is 10.5. The fraction of sp³-hybridized carbons (Fsp3) is 0.500. The van der Waals surface area contributed by atoms with Crippen molar-refractivity contribution in [3.05, 3.63) is 28.7 Å². The molecule has 2 aromatic heterocycles. The Bertz CT molecular complexity index is 631. The van der Waals surface area contributed by atoms with Crippen LogP contribution >= 0.6 is 11.6 Å². The summed E-state index contributed by atoms with van der Waals surface area (Å²) in [5.74, 6) is 0. The van der Waals surface area contributed by atoms with Crippen LogP contribution in [0.15, 0.2) is 12.1 Å². The van der Waals surface area contributed by atoms with Crippen LogP contribution in [0.25, 0.3) is 5.65 Å². The Balaban J connectivity index is 2.11. The summed E-state index contributed by atoms with van der Waals surface area (Å²) in [7, 11) is 0. The van der Waals surface area contributed by atoms with Gasteiger partial charge in [0.05, 0.1) is 5.69 Å². The number of alkyl halides is 3. The number of nitrogens with zero attached hydrogens (tertiary/aromatic N) is 4. The minimum atomic E-state index is -4.49. The molecule has 0 saturated carbocycles. The van der Waals surface area contributed by atoms with E-state index in [9.17, 15) is 13.2 Å². The summed E-state index contributed by atoms with van der Waals surface area (Å²) >= 11 is 5.78. The van der Waals surface area contributed by atoms with Crippen LogP contribution in [-0.2, 0) is 12.7 Å². The number of imidazole rings is 1. The van der Waals surface area contributed by atoms with E-state index in [4.69, 9.17) is 11.6 Å². The summed E-state index contributed by atoms with van der Waals surface area (Å²) in [4.78, 5) is 5.63. The van der Waals surface area contributed by atoms with Gasteiger partial charge in [-0.05, 0) is 38.1 Å². The summed E-state index contributed by atoms with van der Waals surface area (Å²) in [5.41, 5.74) is -0.660. The molecule has 0 aromatic carbocycles. The Morgan fingerprint density at radius 3 is 2.55 bits per heavy atom. The third-order valence-corrected chi connectivity index (χ3v) is 3.58. The van der Waals surface area contributed by atoms with Crippen molar-refractivity contribution in [2.24, 2.45) is 0 Å². The lowest BCUT2D eigenvalue weighted by Crippen LogP contribution is -2.22. The molecule has 0 amide bonds. The summed E-state index contributed by atoms with van der Waals surface area (Å²) in [5, 5.41) is 4.09. The van der Waals surface area contributed by atoms with Crippen molar-refractivity contribution in [2.45, 2.75) is 25.6 Å². The van der Waals surface area contributed by atoms with Crippen molar-refractivity contribution in [3.63, 3.8) is 0 Å². The van der Waals surface area contributed by atoms with Crippen molar-refractivity contribution < 1.29 is 13.2 Å². The summed E-state index contributed by atoms with van der Waals surface area (Å²) in [6.07, 6.45) is -2.48. The third kappa shape index (κ3) is 2.47. The van der Waals surface area contributed by atoms with Gasteiger partial charge >= 0.3 is 6.18 Å². The summed E-state index contributed by atoms with van der Waals surface area (Å²) < 4.78 is 40.5. The van der Waals surface area contributed by atoms with Gasteiger partial charge in [-0.1, -0.05) is 11.6 Å². The van der Waals surface area contributed by atoms with Crippen LogP contribution < -0.4 is 0 Å². The predicted octanol–water partition coefficient (Wildman–Crippen LogP) is 3.00. The van der Waals surface area contributed by atoms with Gasteiger partial charge in [-0.2, -0.15) is 18.3 Å². The second-order valence-corrected chi connectivity index (χ2v) is 5.20. The number of aromatic nitrogens is 3. The lowest BCUT2D eigenvalue weighted by atomic mass is 10.3. The maximum Gasteiger partial charge on any atom is 0.435 e. The molecule has 4 nitrogen and oxygen atoms in total. The van der Waals surface area contributed by atoms with Gasteiger partial charge in [0.25, 0.3) is 0 Å². The number of rotatable bonds is 2. The van der Waals surface area contributed by atoms with Gasteiger partial charge in [-0.15, -0.1) is 0 Å². The maximum absolute atomic E-state index is 13.1. The van der Waals surface area contributed by atoms with Crippen molar-refractivity contribution >= 4 is 17.2 Å². The molecule has 1 aliphatic heterocycles. The van der Waals surface area contributed by atoms with E-state index in [1.54, 1.807) is 0 Å². The number of fused-ring (bicyclic) bond motifs is 1. The van der Waals surface area contributed by atoms with Crippen LogP contribution in [0.1, 0.15) is 24.2 Å². The van der Waals surface area contributed by atoms with Gasteiger partial charge in [0.2, 0.25) is 0 Å². The van der Waals surface area contributed by atoms with E-state index in [0.29, 0.717) is 0 Å². The minimum absolute atomic E-state index is 0.0527. The molecule has 3 heterocycles. The molecule has 0 atom stereocenters. The first-order valence-corrected chi connectivity index (χ1v) is 6.66. The average Bonchev–Trinajstić information content (AvgIpc) is 2.97. The summed E-state index contributed by atoms with van der Waals surface area (Å²) in [6, 6.07) is 2.88. The number of hydrogen-bond acceptors (Lipinski definition) is 3. The lowest BCUT2D eigenvalue weighted by Gasteiger charge is -2.15. The fourth-order valence-electron chi connectivity index (χ4n) is 2.48. The normalized spacial score (nSPS) is 17.2. The van der Waals surface area contributed by atoms with E-state index in [2.05, 4.69) is 10.1 Å². The first-order valence-electron chi connectivity index (χ1n) is 6.29. The smallest absolute Gasteiger partial charge is 0.297 e.